The van der Waals surface area contributed by atoms with Gasteiger partial charge in [0.05, 0.1) is 0 Å². The van der Waals surface area contributed by atoms with Gasteiger partial charge >= 0.3 is 0 Å². The van der Waals surface area contributed by atoms with Gasteiger partial charge in [-0.3, -0.25) is 0 Å². The molecule has 0 spiro atoms. The second-order valence-corrected chi connectivity index (χ2v) is 7.95. The first-order chi connectivity index (χ1) is 8.47. The van der Waals surface area contributed by atoms with Crippen LogP contribution in [0.15, 0.2) is 22.4 Å². The molecule has 1 saturated carbocycles. The Balaban J connectivity index is 2.14. The summed E-state index contributed by atoms with van der Waals surface area (Å²) < 4.78 is 28.5. The summed E-state index contributed by atoms with van der Waals surface area (Å²) in [7, 11) is -3.38. The maximum Gasteiger partial charge on any atom is 0.250 e. The Bertz CT molecular complexity index is 717. The van der Waals surface area contributed by atoms with Gasteiger partial charge in [-0.2, -0.15) is 0 Å². The molecule has 2 aromatic rings. The zero-order valence-corrected chi connectivity index (χ0v) is 12.1. The van der Waals surface area contributed by atoms with Crippen LogP contribution in [0.2, 0.25) is 5.02 Å². The number of fused-ring (bicyclic) bond motifs is 1. The zero-order chi connectivity index (χ0) is 12.9. The van der Waals surface area contributed by atoms with E-state index in [0.29, 0.717) is 9.23 Å². The fourth-order valence-corrected chi connectivity index (χ4v) is 5.14. The van der Waals surface area contributed by atoms with Crippen molar-refractivity contribution in [3.05, 3.63) is 28.8 Å². The number of aryl methyl sites for hydroxylation is 1. The van der Waals surface area contributed by atoms with Gasteiger partial charge in [0.1, 0.15) is 4.21 Å². The molecule has 1 aliphatic carbocycles. The van der Waals surface area contributed by atoms with Crippen LogP contribution in [0.3, 0.4) is 0 Å². The summed E-state index contributed by atoms with van der Waals surface area (Å²) in [6, 6.07) is 5.60. The Morgan fingerprint density at radius 3 is 2.78 bits per heavy atom. The number of benzene rings is 1. The third-order valence-electron chi connectivity index (χ3n) is 3.00. The van der Waals surface area contributed by atoms with Gasteiger partial charge < -0.3 is 0 Å². The van der Waals surface area contributed by atoms with Crippen LogP contribution in [0, 0.1) is 6.92 Å². The van der Waals surface area contributed by atoms with Crippen LogP contribution in [0.5, 0.6) is 0 Å². The highest BCUT2D eigenvalue weighted by Crippen LogP contribution is 2.36. The van der Waals surface area contributed by atoms with Crippen LogP contribution >= 0.6 is 22.9 Å². The minimum atomic E-state index is -3.38. The molecule has 0 aliphatic heterocycles. The van der Waals surface area contributed by atoms with Crippen molar-refractivity contribution in [3.63, 3.8) is 0 Å². The number of thiophene rings is 1. The summed E-state index contributed by atoms with van der Waals surface area (Å²) in [5.41, 5.74) is 0.783. The molecule has 1 fully saturated rings. The van der Waals surface area contributed by atoms with Gasteiger partial charge in [0.25, 0.3) is 10.0 Å². The smallest absolute Gasteiger partial charge is 0.207 e. The molecule has 0 bridgehead atoms. The van der Waals surface area contributed by atoms with Crippen molar-refractivity contribution in [1.82, 2.24) is 4.72 Å². The molecule has 0 amide bonds. The summed E-state index contributed by atoms with van der Waals surface area (Å²) in [6.45, 7) is 1.83. The molecule has 1 aromatic carbocycles. The van der Waals surface area contributed by atoms with Crippen molar-refractivity contribution in [2.24, 2.45) is 0 Å². The average Bonchev–Trinajstić information content (AvgIpc) is 3.03. The predicted octanol–water partition coefficient (Wildman–Crippen LogP) is 3.30. The van der Waals surface area contributed by atoms with E-state index < -0.39 is 10.0 Å². The van der Waals surface area contributed by atoms with Crippen LogP contribution in [0.1, 0.15) is 18.4 Å². The first kappa shape index (κ1) is 12.4. The van der Waals surface area contributed by atoms with E-state index in [-0.39, 0.29) is 6.04 Å². The summed E-state index contributed by atoms with van der Waals surface area (Å²) in [5.74, 6) is 0. The summed E-state index contributed by atoms with van der Waals surface area (Å²) in [4.78, 5) is 0. The summed E-state index contributed by atoms with van der Waals surface area (Å²) in [6.07, 6.45) is 1.88. The second-order valence-electron chi connectivity index (χ2n) is 4.55. The van der Waals surface area contributed by atoms with Gasteiger partial charge in [0.15, 0.2) is 0 Å². The lowest BCUT2D eigenvalue weighted by atomic mass is 10.2. The predicted molar refractivity (Wildman–Crippen MR) is 74.9 cm³/mol. The lowest BCUT2D eigenvalue weighted by molar-refractivity contribution is 0.583. The largest absolute Gasteiger partial charge is 0.250 e. The summed E-state index contributed by atoms with van der Waals surface area (Å²) in [5, 5.41) is 1.55. The molecular formula is C12H12ClNO2S2. The van der Waals surface area contributed by atoms with Gasteiger partial charge in [-0.1, -0.05) is 11.6 Å². The number of halogens is 1. The molecule has 1 N–H and O–H groups in total. The van der Waals surface area contributed by atoms with Crippen LogP contribution < -0.4 is 4.72 Å². The number of rotatable bonds is 3. The third kappa shape index (κ3) is 2.16. The standard InChI is InChI=1S/C12H12ClNO2S2/c1-7-10-6-8(13)2-5-11(10)17-12(7)18(15,16)14-9-3-4-9/h2,5-6,9,14H,3-4H2,1H3. The minimum Gasteiger partial charge on any atom is -0.207 e. The van der Waals surface area contributed by atoms with Gasteiger partial charge in [-0.15, -0.1) is 11.3 Å². The van der Waals surface area contributed by atoms with E-state index in [1.807, 2.05) is 19.1 Å². The second kappa shape index (κ2) is 4.20. The number of sulfonamides is 1. The van der Waals surface area contributed by atoms with E-state index in [1.54, 1.807) is 6.07 Å². The number of hydrogen-bond donors (Lipinski definition) is 1. The Hall–Kier alpha value is -0.620. The van der Waals surface area contributed by atoms with Gasteiger partial charge in [-0.05, 0) is 48.9 Å². The van der Waals surface area contributed by atoms with Crippen molar-refractivity contribution < 1.29 is 8.42 Å². The molecule has 0 atom stereocenters. The lowest BCUT2D eigenvalue weighted by Gasteiger charge is -2.03. The zero-order valence-electron chi connectivity index (χ0n) is 9.73. The Kier molecular flexibility index (Phi) is 2.90. The average molecular weight is 302 g/mol. The van der Waals surface area contributed by atoms with Crippen LogP contribution in [-0.4, -0.2) is 14.5 Å². The minimum absolute atomic E-state index is 0.128. The molecule has 0 saturated heterocycles. The van der Waals surface area contributed by atoms with Crippen molar-refractivity contribution >= 4 is 43.0 Å². The SMILES string of the molecule is Cc1c(S(=O)(=O)NC2CC2)sc2ccc(Cl)cc12. The molecule has 3 nitrogen and oxygen atoms in total. The quantitative estimate of drug-likeness (QED) is 0.945. The first-order valence-corrected chi connectivity index (χ1v) is 8.36. The number of hydrogen-bond acceptors (Lipinski definition) is 3. The molecule has 1 heterocycles. The number of nitrogens with one attached hydrogen (secondary N) is 1. The van der Waals surface area contributed by atoms with Gasteiger partial charge in [0, 0.05) is 15.8 Å². The highest BCUT2D eigenvalue weighted by molar-refractivity contribution is 7.91. The molecule has 1 aromatic heterocycles. The van der Waals surface area contributed by atoms with Crippen LogP contribution in [0.25, 0.3) is 10.1 Å². The van der Waals surface area contributed by atoms with E-state index >= 15 is 0 Å². The Morgan fingerprint density at radius 2 is 2.11 bits per heavy atom. The van der Waals surface area contributed by atoms with E-state index in [9.17, 15) is 8.42 Å². The molecule has 96 valence electrons. The Morgan fingerprint density at radius 1 is 1.39 bits per heavy atom. The van der Waals surface area contributed by atoms with E-state index in [1.165, 1.54) is 11.3 Å². The van der Waals surface area contributed by atoms with E-state index in [4.69, 9.17) is 11.6 Å². The maximum atomic E-state index is 12.2. The molecule has 6 heteroatoms. The fourth-order valence-electron chi connectivity index (χ4n) is 1.90. The van der Waals surface area contributed by atoms with Crippen LogP contribution in [-0.2, 0) is 10.0 Å². The monoisotopic (exact) mass is 301 g/mol. The van der Waals surface area contributed by atoms with E-state index in [2.05, 4.69) is 4.72 Å². The maximum absolute atomic E-state index is 12.2. The van der Waals surface area contributed by atoms with Crippen molar-refractivity contribution in [3.8, 4) is 0 Å². The van der Waals surface area contributed by atoms with Crippen LogP contribution in [0.4, 0.5) is 0 Å². The van der Waals surface area contributed by atoms with Crippen molar-refractivity contribution in [2.75, 3.05) is 0 Å². The molecule has 18 heavy (non-hydrogen) atoms. The van der Waals surface area contributed by atoms with Crippen molar-refractivity contribution in [2.45, 2.75) is 30.0 Å². The Labute approximate surface area is 115 Å². The molecule has 0 unspecified atom stereocenters. The highest BCUT2D eigenvalue weighted by Gasteiger charge is 2.30. The molecule has 0 radical (unpaired) electrons. The van der Waals surface area contributed by atoms with Gasteiger partial charge in [0.2, 0.25) is 0 Å². The topological polar surface area (TPSA) is 46.2 Å². The lowest BCUT2D eigenvalue weighted by Crippen LogP contribution is -2.25. The molecule has 3 rings (SSSR count). The van der Waals surface area contributed by atoms with Gasteiger partial charge in [-0.25, -0.2) is 13.1 Å². The molecular weight excluding hydrogens is 290 g/mol. The highest BCUT2D eigenvalue weighted by atomic mass is 35.5. The summed E-state index contributed by atoms with van der Waals surface area (Å²) >= 11 is 7.25. The third-order valence-corrected chi connectivity index (χ3v) is 6.65. The fraction of sp³-hybridized carbons (Fsp3) is 0.333. The normalized spacial score (nSPS) is 16.3. The van der Waals surface area contributed by atoms with Crippen molar-refractivity contribution in [1.29, 1.82) is 0 Å². The molecule has 1 aliphatic rings. The van der Waals surface area contributed by atoms with E-state index in [0.717, 1.165) is 28.5 Å². The first-order valence-electron chi connectivity index (χ1n) is 5.68.